The molecule has 0 radical (unpaired) electrons. The predicted molar refractivity (Wildman–Crippen MR) is 73.9 cm³/mol. The molecule has 1 fully saturated rings. The van der Waals surface area contributed by atoms with Crippen molar-refractivity contribution in [2.75, 3.05) is 26.2 Å². The molecule has 0 saturated carbocycles. The van der Waals surface area contributed by atoms with Gasteiger partial charge < -0.3 is 10.0 Å². The summed E-state index contributed by atoms with van der Waals surface area (Å²) in [7, 11) is 0. The van der Waals surface area contributed by atoms with Crippen LogP contribution in [0, 0.1) is 0 Å². The summed E-state index contributed by atoms with van der Waals surface area (Å²) in [5, 5.41) is 8.92. The van der Waals surface area contributed by atoms with Crippen LogP contribution < -0.4 is 0 Å². The molecule has 5 nitrogen and oxygen atoms in total. The third-order valence-corrected chi connectivity index (χ3v) is 3.98. The van der Waals surface area contributed by atoms with E-state index in [9.17, 15) is 9.59 Å². The van der Waals surface area contributed by atoms with Gasteiger partial charge in [0.1, 0.15) is 0 Å². The van der Waals surface area contributed by atoms with Crippen LogP contribution in [0.1, 0.15) is 34.1 Å². The maximum Gasteiger partial charge on any atom is 0.331 e. The first-order valence-corrected chi connectivity index (χ1v) is 6.86. The lowest BCUT2D eigenvalue weighted by Gasteiger charge is -2.26. The van der Waals surface area contributed by atoms with Crippen LogP contribution in [0.5, 0.6) is 0 Å². The average molecular weight is 268 g/mol. The molecule has 0 aromatic rings. The normalized spacial score (nSPS) is 20.7. The molecule has 1 heterocycles. The van der Waals surface area contributed by atoms with Crippen molar-refractivity contribution < 1.29 is 14.7 Å². The zero-order valence-corrected chi connectivity index (χ0v) is 12.3. The quantitative estimate of drug-likeness (QED) is 0.765. The van der Waals surface area contributed by atoms with Crippen molar-refractivity contribution in [1.29, 1.82) is 0 Å². The molecule has 0 aromatic heterocycles. The summed E-state index contributed by atoms with van der Waals surface area (Å²) in [5.74, 6) is -1.17. The Kier molecular flexibility index (Phi) is 5.54. The molecule has 1 unspecified atom stereocenters. The van der Waals surface area contributed by atoms with E-state index in [1.165, 1.54) is 6.92 Å². The summed E-state index contributed by atoms with van der Waals surface area (Å²) in [4.78, 5) is 27.2. The van der Waals surface area contributed by atoms with Crippen LogP contribution in [0.3, 0.4) is 0 Å². The topological polar surface area (TPSA) is 60.9 Å². The van der Waals surface area contributed by atoms with E-state index in [0.29, 0.717) is 24.7 Å². The van der Waals surface area contributed by atoms with Crippen molar-refractivity contribution in [2.24, 2.45) is 0 Å². The molecule has 1 aliphatic heterocycles. The second-order valence-corrected chi connectivity index (χ2v) is 4.97. The Morgan fingerprint density at radius 3 is 2.26 bits per heavy atom. The van der Waals surface area contributed by atoms with E-state index in [2.05, 4.69) is 18.7 Å². The van der Waals surface area contributed by atoms with Crippen LogP contribution in [0.25, 0.3) is 0 Å². The maximum absolute atomic E-state index is 12.2. The Bertz CT molecular complexity index is 386. The third-order valence-electron chi connectivity index (χ3n) is 3.98. The van der Waals surface area contributed by atoms with E-state index in [1.807, 2.05) is 0 Å². The van der Waals surface area contributed by atoms with E-state index in [4.69, 9.17) is 5.11 Å². The van der Waals surface area contributed by atoms with Crippen molar-refractivity contribution in [2.45, 2.75) is 40.2 Å². The van der Waals surface area contributed by atoms with E-state index in [-0.39, 0.29) is 11.5 Å². The monoisotopic (exact) mass is 268 g/mol. The van der Waals surface area contributed by atoms with Crippen molar-refractivity contribution >= 4 is 11.9 Å². The molecule has 19 heavy (non-hydrogen) atoms. The molecule has 1 saturated heterocycles. The van der Waals surface area contributed by atoms with E-state index in [1.54, 1.807) is 11.8 Å². The molecule has 1 atom stereocenters. The van der Waals surface area contributed by atoms with E-state index >= 15 is 0 Å². The number of likely N-dealkylation sites (tertiary alicyclic amines) is 1. The molecule has 1 N–H and O–H groups in total. The number of carboxylic acids is 1. The van der Waals surface area contributed by atoms with Crippen LogP contribution in [0.4, 0.5) is 0 Å². The maximum atomic E-state index is 12.2. The number of hydrogen-bond donors (Lipinski definition) is 1. The highest BCUT2D eigenvalue weighted by atomic mass is 16.4. The van der Waals surface area contributed by atoms with Gasteiger partial charge in [-0.05, 0) is 33.4 Å². The van der Waals surface area contributed by atoms with Gasteiger partial charge in [0.05, 0.1) is 0 Å². The lowest BCUT2D eigenvalue weighted by atomic mass is 10.1. The predicted octanol–water partition coefficient (Wildman–Crippen LogP) is 1.35. The second kappa shape index (κ2) is 6.70. The van der Waals surface area contributed by atoms with Gasteiger partial charge in [-0.15, -0.1) is 0 Å². The number of carboxylic acid groups (broad SMARTS) is 1. The minimum absolute atomic E-state index is 0.135. The van der Waals surface area contributed by atoms with Crippen LogP contribution >= 0.6 is 0 Å². The summed E-state index contributed by atoms with van der Waals surface area (Å²) in [5.41, 5.74) is 0.476. The van der Waals surface area contributed by atoms with Gasteiger partial charge in [-0.25, -0.2) is 4.79 Å². The first-order valence-electron chi connectivity index (χ1n) is 6.86. The molecule has 0 bridgehead atoms. The van der Waals surface area contributed by atoms with Gasteiger partial charge in [0.15, 0.2) is 0 Å². The molecule has 108 valence electrons. The Morgan fingerprint density at radius 2 is 1.79 bits per heavy atom. The zero-order chi connectivity index (χ0) is 14.6. The minimum Gasteiger partial charge on any atom is -0.478 e. The Morgan fingerprint density at radius 1 is 1.21 bits per heavy atom. The van der Waals surface area contributed by atoms with Crippen LogP contribution in [-0.4, -0.2) is 59.0 Å². The van der Waals surface area contributed by atoms with Gasteiger partial charge in [0, 0.05) is 30.3 Å². The Balaban J connectivity index is 2.72. The molecule has 0 spiro atoms. The Hall–Kier alpha value is -1.36. The number of aliphatic carboxylic acids is 1. The largest absolute Gasteiger partial charge is 0.478 e. The third kappa shape index (κ3) is 3.56. The highest BCUT2D eigenvalue weighted by Crippen LogP contribution is 2.18. The second-order valence-electron chi connectivity index (χ2n) is 4.97. The first kappa shape index (κ1) is 15.7. The van der Waals surface area contributed by atoms with Gasteiger partial charge in [-0.3, -0.25) is 9.69 Å². The number of nitrogens with zero attached hydrogens (tertiary/aromatic N) is 2. The van der Waals surface area contributed by atoms with Crippen molar-refractivity contribution in [3.8, 4) is 0 Å². The van der Waals surface area contributed by atoms with Crippen LogP contribution in [0.2, 0.25) is 0 Å². The summed E-state index contributed by atoms with van der Waals surface area (Å²) in [6, 6.07) is 0.400. The SMILES string of the molecule is CCN(CC)C1CCN(C(=O)/C(C)=C(/C)C(=O)O)C1. The fourth-order valence-electron chi connectivity index (χ4n) is 2.52. The van der Waals surface area contributed by atoms with Gasteiger partial charge >= 0.3 is 5.97 Å². The molecular weight excluding hydrogens is 244 g/mol. The molecule has 1 aliphatic rings. The summed E-state index contributed by atoms with van der Waals surface area (Å²) in [6.07, 6.45) is 0.965. The van der Waals surface area contributed by atoms with Crippen LogP contribution in [-0.2, 0) is 9.59 Å². The van der Waals surface area contributed by atoms with Gasteiger partial charge in [-0.2, -0.15) is 0 Å². The number of likely N-dealkylation sites (N-methyl/N-ethyl adjacent to an activating group) is 1. The van der Waals surface area contributed by atoms with Crippen LogP contribution in [0.15, 0.2) is 11.1 Å². The molecule has 0 aromatic carbocycles. The zero-order valence-electron chi connectivity index (χ0n) is 12.3. The number of rotatable bonds is 5. The highest BCUT2D eigenvalue weighted by molar-refractivity contribution is 6.01. The lowest BCUT2D eigenvalue weighted by Crippen LogP contribution is -2.39. The standard InChI is InChI=1S/C14H24N2O3/c1-5-15(6-2)12-7-8-16(9-12)13(17)10(3)11(4)14(18)19/h12H,5-9H2,1-4H3,(H,18,19)/b11-10-. The molecule has 5 heteroatoms. The molecule has 1 amide bonds. The highest BCUT2D eigenvalue weighted by Gasteiger charge is 2.30. The van der Waals surface area contributed by atoms with Crippen molar-refractivity contribution in [3.63, 3.8) is 0 Å². The van der Waals surface area contributed by atoms with Crippen molar-refractivity contribution in [3.05, 3.63) is 11.1 Å². The summed E-state index contributed by atoms with van der Waals surface area (Å²) in [6.45, 7) is 10.7. The summed E-state index contributed by atoms with van der Waals surface area (Å²) >= 11 is 0. The van der Waals surface area contributed by atoms with E-state index < -0.39 is 5.97 Å². The fourth-order valence-corrected chi connectivity index (χ4v) is 2.52. The van der Waals surface area contributed by atoms with Gasteiger partial charge in [0.25, 0.3) is 0 Å². The molecule has 0 aliphatic carbocycles. The number of carbonyl (C=O) groups excluding carboxylic acids is 1. The number of amides is 1. The van der Waals surface area contributed by atoms with E-state index in [0.717, 1.165) is 19.5 Å². The summed E-state index contributed by atoms with van der Waals surface area (Å²) < 4.78 is 0. The molecular formula is C14H24N2O3. The van der Waals surface area contributed by atoms with Gasteiger partial charge in [-0.1, -0.05) is 13.8 Å². The first-order chi connectivity index (χ1) is 8.92. The van der Waals surface area contributed by atoms with Crippen molar-refractivity contribution in [1.82, 2.24) is 9.80 Å². The average Bonchev–Trinajstić information content (AvgIpc) is 2.87. The molecule has 1 rings (SSSR count). The minimum atomic E-state index is -1.02. The fraction of sp³-hybridized carbons (Fsp3) is 0.714. The smallest absolute Gasteiger partial charge is 0.331 e. The number of hydrogen-bond acceptors (Lipinski definition) is 3. The number of carbonyl (C=O) groups is 2. The van der Waals surface area contributed by atoms with Gasteiger partial charge in [0.2, 0.25) is 5.91 Å². The Labute approximate surface area is 114 Å². The lowest BCUT2D eigenvalue weighted by molar-refractivity contribution is -0.133.